The molecule has 0 saturated carbocycles. The summed E-state index contributed by atoms with van der Waals surface area (Å²) in [5.41, 5.74) is 0. The molecule has 1 N–H and O–H groups in total. The first-order chi connectivity index (χ1) is 6.15. The van der Waals surface area contributed by atoms with Gasteiger partial charge < -0.3 is 14.6 Å². The molecule has 0 amide bonds. The largest absolute Gasteiger partial charge is 0.385 e. The lowest BCUT2D eigenvalue weighted by atomic mass is 10.2. The number of aliphatic hydroxyl groups excluding tert-OH is 1. The van der Waals surface area contributed by atoms with Gasteiger partial charge in [0, 0.05) is 14.2 Å². The fourth-order valence-electron chi connectivity index (χ4n) is 0.904. The molecule has 0 aromatic carbocycles. The highest BCUT2D eigenvalue weighted by Gasteiger charge is 2.15. The van der Waals surface area contributed by atoms with Crippen LogP contribution in [0, 0.1) is 0 Å². The van der Waals surface area contributed by atoms with Gasteiger partial charge in [0.1, 0.15) is 12.0 Å². The third kappa shape index (κ3) is 4.94. The molecule has 0 aromatic rings. The van der Waals surface area contributed by atoms with Crippen molar-refractivity contribution in [1.82, 2.24) is 0 Å². The number of methoxy groups -OCH3 is 2. The fraction of sp³-hybridized carbons (Fsp3) is 0.625. The summed E-state index contributed by atoms with van der Waals surface area (Å²) in [7, 11) is 2.35. The summed E-state index contributed by atoms with van der Waals surface area (Å²) in [6, 6.07) is 0.456. The first kappa shape index (κ1) is 12.5. The summed E-state index contributed by atoms with van der Waals surface area (Å²) in [5.74, 6) is -0.564. The first-order valence-corrected chi connectivity index (χ1v) is 5.87. The van der Waals surface area contributed by atoms with Crippen molar-refractivity contribution in [1.29, 1.82) is 0 Å². The Morgan fingerprint density at radius 3 is 2.54 bits per heavy atom. The molecule has 0 saturated heterocycles. The highest BCUT2D eigenvalue weighted by molar-refractivity contribution is 6.37. The standard InChI is InChI=1S/C8H16O4Si/c1-4-6(9)7(10)5-13-8(11-2)12-3/h4,7-8,10H,1,5,13H2,2-3H3. The van der Waals surface area contributed by atoms with E-state index in [0.29, 0.717) is 6.04 Å². The molecule has 0 radical (unpaired) electrons. The number of ketones is 1. The summed E-state index contributed by atoms with van der Waals surface area (Å²) in [6.07, 6.45) is 0.199. The third-order valence-corrected chi connectivity index (χ3v) is 3.75. The summed E-state index contributed by atoms with van der Waals surface area (Å²) in [6.45, 7) is 3.29. The van der Waals surface area contributed by atoms with E-state index in [1.807, 2.05) is 0 Å². The van der Waals surface area contributed by atoms with Crippen LogP contribution in [-0.2, 0) is 14.3 Å². The molecule has 0 fully saturated rings. The smallest absolute Gasteiger partial charge is 0.183 e. The van der Waals surface area contributed by atoms with Gasteiger partial charge in [0.15, 0.2) is 5.78 Å². The van der Waals surface area contributed by atoms with Crippen LogP contribution in [0.2, 0.25) is 6.04 Å². The summed E-state index contributed by atoms with van der Waals surface area (Å²) in [4.78, 5) is 10.9. The van der Waals surface area contributed by atoms with Crippen molar-refractivity contribution >= 4 is 15.3 Å². The average molecular weight is 204 g/mol. The van der Waals surface area contributed by atoms with E-state index in [0.717, 1.165) is 6.08 Å². The number of ether oxygens (including phenoxy) is 2. The highest BCUT2D eigenvalue weighted by Crippen LogP contribution is 1.99. The Kier molecular flexibility index (Phi) is 6.70. The van der Waals surface area contributed by atoms with Gasteiger partial charge in [-0.1, -0.05) is 6.58 Å². The second-order valence-corrected chi connectivity index (χ2v) is 4.42. The minimum Gasteiger partial charge on any atom is -0.385 e. The van der Waals surface area contributed by atoms with Gasteiger partial charge in [-0.3, -0.25) is 4.79 Å². The normalized spacial score (nSPS) is 13.8. The minimum absolute atomic E-state index is 0.229. The monoisotopic (exact) mass is 204 g/mol. The van der Waals surface area contributed by atoms with E-state index >= 15 is 0 Å². The van der Waals surface area contributed by atoms with E-state index < -0.39 is 15.6 Å². The molecular formula is C8H16O4Si. The Hall–Kier alpha value is -0.493. The molecule has 0 aliphatic rings. The van der Waals surface area contributed by atoms with Gasteiger partial charge in [0.05, 0.1) is 9.52 Å². The zero-order valence-electron chi connectivity index (χ0n) is 8.03. The quantitative estimate of drug-likeness (QED) is 0.337. The molecule has 0 spiro atoms. The van der Waals surface area contributed by atoms with Crippen molar-refractivity contribution < 1.29 is 19.4 Å². The van der Waals surface area contributed by atoms with Gasteiger partial charge in [-0.15, -0.1) is 0 Å². The third-order valence-electron chi connectivity index (χ3n) is 1.73. The molecule has 76 valence electrons. The van der Waals surface area contributed by atoms with Gasteiger partial charge in [-0.2, -0.15) is 0 Å². The van der Waals surface area contributed by atoms with Gasteiger partial charge in [-0.05, 0) is 12.1 Å². The van der Waals surface area contributed by atoms with E-state index in [1.165, 1.54) is 0 Å². The van der Waals surface area contributed by atoms with Crippen LogP contribution in [0.1, 0.15) is 0 Å². The molecule has 0 aromatic heterocycles. The Balaban J connectivity index is 3.73. The SMILES string of the molecule is C=CC(=O)C(O)C[SiH2]C(OC)OC. The molecular weight excluding hydrogens is 188 g/mol. The lowest BCUT2D eigenvalue weighted by molar-refractivity contribution is -0.121. The number of rotatable bonds is 7. The van der Waals surface area contributed by atoms with Crippen LogP contribution < -0.4 is 0 Å². The molecule has 0 bridgehead atoms. The Morgan fingerprint density at radius 2 is 2.15 bits per heavy atom. The number of aliphatic hydroxyl groups is 1. The maximum atomic E-state index is 10.9. The average Bonchev–Trinajstić information content (AvgIpc) is 2.17. The molecule has 4 nitrogen and oxygen atoms in total. The second-order valence-electron chi connectivity index (χ2n) is 2.60. The van der Waals surface area contributed by atoms with Crippen LogP contribution in [-0.4, -0.2) is 46.6 Å². The van der Waals surface area contributed by atoms with E-state index in [4.69, 9.17) is 9.47 Å². The molecule has 13 heavy (non-hydrogen) atoms. The summed E-state index contributed by atoms with van der Waals surface area (Å²) < 4.78 is 9.91. The highest BCUT2D eigenvalue weighted by atomic mass is 28.2. The van der Waals surface area contributed by atoms with Gasteiger partial charge >= 0.3 is 0 Å². The molecule has 0 heterocycles. The maximum Gasteiger partial charge on any atom is 0.183 e. The molecule has 0 aliphatic heterocycles. The zero-order valence-corrected chi connectivity index (χ0v) is 9.44. The van der Waals surface area contributed by atoms with Crippen LogP contribution in [0.4, 0.5) is 0 Å². The molecule has 0 aliphatic carbocycles. The Bertz CT molecular complexity index is 168. The number of hydrogen-bond acceptors (Lipinski definition) is 4. The van der Waals surface area contributed by atoms with Gasteiger partial charge in [0.25, 0.3) is 0 Å². The first-order valence-electron chi connectivity index (χ1n) is 4.05. The fourth-order valence-corrected chi connectivity index (χ4v) is 2.25. The van der Waals surface area contributed by atoms with Crippen LogP contribution >= 0.6 is 0 Å². The van der Waals surface area contributed by atoms with Crippen molar-refractivity contribution in [2.45, 2.75) is 18.1 Å². The van der Waals surface area contributed by atoms with Gasteiger partial charge in [-0.25, -0.2) is 0 Å². The predicted octanol–water partition coefficient (Wildman–Crippen LogP) is -0.734. The molecule has 0 rings (SSSR count). The molecule has 1 unspecified atom stereocenters. The van der Waals surface area contributed by atoms with Crippen LogP contribution in [0.3, 0.4) is 0 Å². The second kappa shape index (κ2) is 6.96. The van der Waals surface area contributed by atoms with Gasteiger partial charge in [0.2, 0.25) is 0 Å². The summed E-state index contributed by atoms with van der Waals surface area (Å²) in [5, 5.41) is 9.26. The molecule has 5 heteroatoms. The number of carbonyl (C=O) groups excluding carboxylic acids is 1. The van der Waals surface area contributed by atoms with E-state index in [-0.39, 0.29) is 11.7 Å². The van der Waals surface area contributed by atoms with Crippen molar-refractivity contribution in [3.63, 3.8) is 0 Å². The Morgan fingerprint density at radius 1 is 1.62 bits per heavy atom. The van der Waals surface area contributed by atoms with E-state index in [1.54, 1.807) is 14.2 Å². The minimum atomic E-state index is -0.933. The predicted molar refractivity (Wildman–Crippen MR) is 52.4 cm³/mol. The van der Waals surface area contributed by atoms with E-state index in [2.05, 4.69) is 6.58 Å². The number of carbonyl (C=O) groups is 1. The summed E-state index contributed by atoms with van der Waals surface area (Å²) >= 11 is 0. The Labute approximate surface area is 80.4 Å². The van der Waals surface area contributed by atoms with Crippen molar-refractivity contribution in [2.75, 3.05) is 14.2 Å². The number of hydrogen-bond donors (Lipinski definition) is 1. The van der Waals surface area contributed by atoms with Crippen LogP contribution in [0.5, 0.6) is 0 Å². The van der Waals surface area contributed by atoms with Crippen molar-refractivity contribution in [2.24, 2.45) is 0 Å². The lowest BCUT2D eigenvalue weighted by Gasteiger charge is -2.13. The molecule has 1 atom stereocenters. The van der Waals surface area contributed by atoms with E-state index in [9.17, 15) is 9.90 Å². The van der Waals surface area contributed by atoms with Crippen LogP contribution in [0.15, 0.2) is 12.7 Å². The van der Waals surface area contributed by atoms with Crippen LogP contribution in [0.25, 0.3) is 0 Å². The van der Waals surface area contributed by atoms with Crippen molar-refractivity contribution in [3.05, 3.63) is 12.7 Å². The lowest BCUT2D eigenvalue weighted by Crippen LogP contribution is -2.28. The van der Waals surface area contributed by atoms with Crippen molar-refractivity contribution in [3.8, 4) is 0 Å². The topological polar surface area (TPSA) is 55.8 Å². The maximum absolute atomic E-state index is 10.9. The zero-order chi connectivity index (χ0) is 10.3.